The second kappa shape index (κ2) is 8.60. The molecule has 0 bridgehead atoms. The van der Waals surface area contributed by atoms with Gasteiger partial charge in [0.15, 0.2) is 0 Å². The molecule has 1 atom stereocenters. The van der Waals surface area contributed by atoms with E-state index in [4.69, 9.17) is 0 Å². The van der Waals surface area contributed by atoms with Gasteiger partial charge >= 0.3 is 5.97 Å². The molecule has 1 heterocycles. The molecule has 5 heteroatoms. The highest BCUT2D eigenvalue weighted by atomic mass is 16.4. The highest BCUT2D eigenvalue weighted by Gasteiger charge is 2.39. The van der Waals surface area contributed by atoms with Crippen molar-refractivity contribution in [2.24, 2.45) is 0 Å². The van der Waals surface area contributed by atoms with Gasteiger partial charge in [0.05, 0.1) is 0 Å². The SMILES string of the molecule is CCN(CC)CCNC1(C(=O)O)CCCN(CC)CC1. The van der Waals surface area contributed by atoms with Gasteiger partial charge in [-0.2, -0.15) is 0 Å². The summed E-state index contributed by atoms with van der Waals surface area (Å²) in [6.45, 7) is 13.0. The Morgan fingerprint density at radius 3 is 2.50 bits per heavy atom. The third-order valence-corrected chi connectivity index (χ3v) is 4.58. The Kier molecular flexibility index (Phi) is 7.48. The van der Waals surface area contributed by atoms with Crippen molar-refractivity contribution in [1.82, 2.24) is 15.1 Å². The Hall–Kier alpha value is -0.650. The molecule has 0 aromatic carbocycles. The first-order chi connectivity index (χ1) is 9.57. The number of carboxylic acid groups (broad SMARTS) is 1. The van der Waals surface area contributed by atoms with Gasteiger partial charge in [-0.05, 0) is 45.4 Å². The number of nitrogens with one attached hydrogen (secondary N) is 1. The molecule has 0 aromatic rings. The Morgan fingerprint density at radius 1 is 1.25 bits per heavy atom. The second-order valence-corrected chi connectivity index (χ2v) is 5.63. The largest absolute Gasteiger partial charge is 0.480 e. The van der Waals surface area contributed by atoms with Crippen LogP contribution in [0.1, 0.15) is 40.0 Å². The number of carbonyl (C=O) groups is 1. The molecule has 0 saturated carbocycles. The number of nitrogens with zero attached hydrogens (tertiary/aromatic N) is 2. The molecule has 0 amide bonds. The summed E-state index contributed by atoms with van der Waals surface area (Å²) in [6.07, 6.45) is 2.39. The molecule has 1 aliphatic rings. The zero-order valence-corrected chi connectivity index (χ0v) is 13.3. The number of aliphatic carboxylic acids is 1. The van der Waals surface area contributed by atoms with Crippen LogP contribution in [-0.2, 0) is 4.79 Å². The summed E-state index contributed by atoms with van der Waals surface area (Å²) in [7, 11) is 0. The molecule has 0 aromatic heterocycles. The van der Waals surface area contributed by atoms with Gasteiger partial charge in [-0.25, -0.2) is 0 Å². The topological polar surface area (TPSA) is 55.8 Å². The minimum atomic E-state index is -0.725. The minimum Gasteiger partial charge on any atom is -0.480 e. The summed E-state index contributed by atoms with van der Waals surface area (Å²) in [4.78, 5) is 16.4. The van der Waals surface area contributed by atoms with Crippen molar-refractivity contribution < 1.29 is 9.90 Å². The third kappa shape index (κ3) is 4.72. The summed E-state index contributed by atoms with van der Waals surface area (Å²) in [5.41, 5.74) is -0.725. The van der Waals surface area contributed by atoms with Crippen molar-refractivity contribution in [3.63, 3.8) is 0 Å². The number of carboxylic acids is 1. The monoisotopic (exact) mass is 285 g/mol. The van der Waals surface area contributed by atoms with Crippen LogP contribution in [0.2, 0.25) is 0 Å². The van der Waals surface area contributed by atoms with Gasteiger partial charge in [0.25, 0.3) is 0 Å². The fourth-order valence-electron chi connectivity index (χ4n) is 2.97. The van der Waals surface area contributed by atoms with E-state index in [-0.39, 0.29) is 0 Å². The lowest BCUT2D eigenvalue weighted by Gasteiger charge is -2.31. The van der Waals surface area contributed by atoms with Crippen molar-refractivity contribution >= 4 is 5.97 Å². The molecule has 118 valence electrons. The highest BCUT2D eigenvalue weighted by molar-refractivity contribution is 5.78. The van der Waals surface area contributed by atoms with Gasteiger partial charge in [-0.3, -0.25) is 4.79 Å². The number of likely N-dealkylation sites (N-methyl/N-ethyl adjacent to an activating group) is 1. The lowest BCUT2D eigenvalue weighted by atomic mass is 9.90. The van der Waals surface area contributed by atoms with Crippen LogP contribution in [0.4, 0.5) is 0 Å². The van der Waals surface area contributed by atoms with Crippen LogP contribution in [0.5, 0.6) is 0 Å². The molecule has 0 spiro atoms. The van der Waals surface area contributed by atoms with Crippen LogP contribution in [0.3, 0.4) is 0 Å². The Morgan fingerprint density at radius 2 is 1.95 bits per heavy atom. The first-order valence-electron chi connectivity index (χ1n) is 8.01. The molecule has 0 aliphatic carbocycles. The zero-order valence-electron chi connectivity index (χ0n) is 13.3. The van der Waals surface area contributed by atoms with Crippen molar-refractivity contribution in [2.45, 2.75) is 45.6 Å². The van der Waals surface area contributed by atoms with E-state index in [1.54, 1.807) is 0 Å². The van der Waals surface area contributed by atoms with Crippen molar-refractivity contribution in [3.05, 3.63) is 0 Å². The Balaban J connectivity index is 2.56. The van der Waals surface area contributed by atoms with E-state index in [1.165, 1.54) is 0 Å². The second-order valence-electron chi connectivity index (χ2n) is 5.63. The number of hydrogen-bond acceptors (Lipinski definition) is 4. The predicted molar refractivity (Wildman–Crippen MR) is 82.1 cm³/mol. The zero-order chi connectivity index (χ0) is 15.0. The van der Waals surface area contributed by atoms with E-state index in [9.17, 15) is 9.90 Å². The maximum atomic E-state index is 11.7. The van der Waals surface area contributed by atoms with Crippen LogP contribution >= 0.6 is 0 Å². The highest BCUT2D eigenvalue weighted by Crippen LogP contribution is 2.22. The maximum Gasteiger partial charge on any atom is 0.323 e. The van der Waals surface area contributed by atoms with Crippen LogP contribution < -0.4 is 5.32 Å². The van der Waals surface area contributed by atoms with Crippen LogP contribution in [0.15, 0.2) is 0 Å². The number of hydrogen-bond donors (Lipinski definition) is 2. The predicted octanol–water partition coefficient (Wildman–Crippen LogP) is 1.25. The van der Waals surface area contributed by atoms with Gasteiger partial charge in [0, 0.05) is 19.6 Å². The van der Waals surface area contributed by atoms with E-state index in [0.717, 1.165) is 58.7 Å². The smallest absolute Gasteiger partial charge is 0.323 e. The molecule has 1 rings (SSSR count). The summed E-state index contributed by atoms with van der Waals surface area (Å²) in [5, 5.41) is 13.0. The molecule has 2 N–H and O–H groups in total. The summed E-state index contributed by atoms with van der Waals surface area (Å²) >= 11 is 0. The fraction of sp³-hybridized carbons (Fsp3) is 0.933. The van der Waals surface area contributed by atoms with E-state index in [0.29, 0.717) is 6.42 Å². The summed E-state index contributed by atoms with van der Waals surface area (Å²) < 4.78 is 0. The van der Waals surface area contributed by atoms with Crippen LogP contribution in [0.25, 0.3) is 0 Å². The number of likely N-dealkylation sites (tertiary alicyclic amines) is 1. The molecule has 20 heavy (non-hydrogen) atoms. The first kappa shape index (κ1) is 17.4. The quantitative estimate of drug-likeness (QED) is 0.703. The maximum absolute atomic E-state index is 11.7. The lowest BCUT2D eigenvalue weighted by Crippen LogP contribution is -2.54. The Labute approximate surface area is 123 Å². The average Bonchev–Trinajstić information content (AvgIpc) is 2.67. The normalized spacial score (nSPS) is 24.8. The van der Waals surface area contributed by atoms with Gasteiger partial charge in [-0.1, -0.05) is 20.8 Å². The summed E-state index contributed by atoms with van der Waals surface area (Å²) in [6, 6.07) is 0. The molecule has 1 aliphatic heterocycles. The van der Waals surface area contributed by atoms with Gasteiger partial charge in [0.1, 0.15) is 5.54 Å². The molecule has 1 saturated heterocycles. The van der Waals surface area contributed by atoms with Crippen LogP contribution in [-0.4, -0.2) is 72.2 Å². The number of rotatable bonds is 8. The van der Waals surface area contributed by atoms with E-state index >= 15 is 0 Å². The summed E-state index contributed by atoms with van der Waals surface area (Å²) in [5.74, 6) is -0.685. The first-order valence-corrected chi connectivity index (χ1v) is 8.01. The van der Waals surface area contributed by atoms with E-state index < -0.39 is 11.5 Å². The fourth-order valence-corrected chi connectivity index (χ4v) is 2.97. The van der Waals surface area contributed by atoms with E-state index in [2.05, 4.69) is 35.9 Å². The lowest BCUT2D eigenvalue weighted by molar-refractivity contribution is -0.145. The van der Waals surface area contributed by atoms with Crippen molar-refractivity contribution in [1.29, 1.82) is 0 Å². The van der Waals surface area contributed by atoms with Gasteiger partial charge in [0.2, 0.25) is 0 Å². The van der Waals surface area contributed by atoms with Crippen molar-refractivity contribution in [2.75, 3.05) is 45.8 Å². The molecule has 5 nitrogen and oxygen atoms in total. The molecule has 0 radical (unpaired) electrons. The molecule has 1 fully saturated rings. The van der Waals surface area contributed by atoms with Gasteiger partial charge < -0.3 is 20.2 Å². The average molecular weight is 285 g/mol. The molecule has 1 unspecified atom stereocenters. The van der Waals surface area contributed by atoms with E-state index in [1.807, 2.05) is 0 Å². The molecular weight excluding hydrogens is 254 g/mol. The third-order valence-electron chi connectivity index (χ3n) is 4.58. The van der Waals surface area contributed by atoms with Crippen molar-refractivity contribution in [3.8, 4) is 0 Å². The Bertz CT molecular complexity index is 295. The standard InChI is InChI=1S/C15H31N3O2/c1-4-17(5-2)13-10-16-15(14(19)20)8-7-11-18(6-3)12-9-15/h16H,4-13H2,1-3H3,(H,19,20). The molecular formula is C15H31N3O2. The van der Waals surface area contributed by atoms with Gasteiger partial charge in [-0.15, -0.1) is 0 Å². The minimum absolute atomic E-state index is 0.685. The van der Waals surface area contributed by atoms with Crippen LogP contribution in [0, 0.1) is 0 Å².